The third kappa shape index (κ3) is 5.01. The fraction of sp³-hybridized carbons (Fsp3) is 0.471. The monoisotopic (exact) mass is 357 g/mol. The van der Waals surface area contributed by atoms with Crippen LogP contribution < -0.4 is 10.6 Å². The lowest BCUT2D eigenvalue weighted by Crippen LogP contribution is -2.42. The summed E-state index contributed by atoms with van der Waals surface area (Å²) in [5, 5.41) is 14.5. The highest BCUT2D eigenvalue weighted by Crippen LogP contribution is 2.16. The van der Waals surface area contributed by atoms with E-state index < -0.39 is 0 Å². The predicted molar refractivity (Wildman–Crippen MR) is 96.6 cm³/mol. The number of amides is 1. The number of likely N-dealkylation sites (tertiary alicyclic amines) is 1. The van der Waals surface area contributed by atoms with Gasteiger partial charge < -0.3 is 20.3 Å². The second-order valence-electron chi connectivity index (χ2n) is 5.94. The van der Waals surface area contributed by atoms with Crippen molar-refractivity contribution in [3.63, 3.8) is 0 Å². The van der Waals surface area contributed by atoms with E-state index in [4.69, 9.17) is 4.74 Å². The fourth-order valence-electron chi connectivity index (χ4n) is 2.75. The molecule has 2 aromatic heterocycles. The van der Waals surface area contributed by atoms with E-state index in [1.807, 2.05) is 25.1 Å². The van der Waals surface area contributed by atoms with Crippen LogP contribution in [0, 0.1) is 0 Å². The van der Waals surface area contributed by atoms with Crippen LogP contribution >= 0.6 is 0 Å². The average molecular weight is 357 g/mol. The summed E-state index contributed by atoms with van der Waals surface area (Å²) in [6.07, 6.45) is 4.77. The van der Waals surface area contributed by atoms with Gasteiger partial charge in [0.2, 0.25) is 5.95 Å². The van der Waals surface area contributed by atoms with Crippen LogP contribution in [0.5, 0.6) is 0 Å². The SMILES string of the molecule is CCOC(=O)N1CCC(Nc2cnnc(NCc3ccccn3)n2)CC1. The van der Waals surface area contributed by atoms with Crippen molar-refractivity contribution in [2.24, 2.45) is 0 Å². The second-order valence-corrected chi connectivity index (χ2v) is 5.94. The maximum absolute atomic E-state index is 11.7. The molecule has 3 rings (SSSR count). The number of hydrogen-bond donors (Lipinski definition) is 2. The van der Waals surface area contributed by atoms with Crippen LogP contribution in [0.15, 0.2) is 30.6 Å². The number of nitrogens with one attached hydrogen (secondary N) is 2. The minimum atomic E-state index is -0.240. The van der Waals surface area contributed by atoms with Crippen LogP contribution in [0.4, 0.5) is 16.6 Å². The van der Waals surface area contributed by atoms with E-state index >= 15 is 0 Å². The van der Waals surface area contributed by atoms with Crippen LogP contribution in [0.1, 0.15) is 25.5 Å². The number of anilines is 2. The van der Waals surface area contributed by atoms with E-state index in [9.17, 15) is 4.79 Å². The summed E-state index contributed by atoms with van der Waals surface area (Å²) in [6.45, 7) is 4.08. The van der Waals surface area contributed by atoms with Crippen LogP contribution in [-0.4, -0.2) is 56.9 Å². The molecular formula is C17H23N7O2. The van der Waals surface area contributed by atoms with Crippen molar-refractivity contribution in [3.05, 3.63) is 36.3 Å². The van der Waals surface area contributed by atoms with Crippen molar-refractivity contribution >= 4 is 17.9 Å². The second kappa shape index (κ2) is 8.93. The molecule has 1 saturated heterocycles. The van der Waals surface area contributed by atoms with Crippen molar-refractivity contribution in [2.75, 3.05) is 30.3 Å². The Bertz CT molecular complexity index is 705. The molecule has 26 heavy (non-hydrogen) atoms. The predicted octanol–water partition coefficient (Wildman–Crippen LogP) is 1.91. The largest absolute Gasteiger partial charge is 0.450 e. The molecule has 0 saturated carbocycles. The topological polar surface area (TPSA) is 105 Å². The molecule has 0 spiro atoms. The van der Waals surface area contributed by atoms with Crippen molar-refractivity contribution in [1.82, 2.24) is 25.1 Å². The van der Waals surface area contributed by atoms with Gasteiger partial charge >= 0.3 is 6.09 Å². The van der Waals surface area contributed by atoms with Crippen LogP contribution in [0.2, 0.25) is 0 Å². The van der Waals surface area contributed by atoms with Crippen molar-refractivity contribution < 1.29 is 9.53 Å². The lowest BCUT2D eigenvalue weighted by molar-refractivity contribution is 0.0983. The minimum absolute atomic E-state index is 0.237. The molecule has 0 radical (unpaired) electrons. The molecule has 138 valence electrons. The lowest BCUT2D eigenvalue weighted by atomic mass is 10.1. The summed E-state index contributed by atoms with van der Waals surface area (Å²) in [6, 6.07) is 5.98. The molecule has 0 atom stereocenters. The van der Waals surface area contributed by atoms with Gasteiger partial charge in [0.25, 0.3) is 0 Å². The molecule has 0 aromatic carbocycles. The van der Waals surface area contributed by atoms with Gasteiger partial charge in [0.05, 0.1) is 25.0 Å². The van der Waals surface area contributed by atoms with Crippen LogP contribution in [-0.2, 0) is 11.3 Å². The number of carbonyl (C=O) groups excluding carboxylic acids is 1. The summed E-state index contributed by atoms with van der Waals surface area (Å²) in [4.78, 5) is 22.2. The van der Waals surface area contributed by atoms with Gasteiger partial charge in [-0.25, -0.2) is 4.79 Å². The van der Waals surface area contributed by atoms with Gasteiger partial charge in [-0.3, -0.25) is 4.98 Å². The van der Waals surface area contributed by atoms with Crippen molar-refractivity contribution in [1.29, 1.82) is 0 Å². The number of aromatic nitrogens is 4. The van der Waals surface area contributed by atoms with E-state index in [1.54, 1.807) is 17.3 Å². The Kier molecular flexibility index (Phi) is 6.13. The Morgan fingerprint density at radius 1 is 1.35 bits per heavy atom. The number of rotatable bonds is 6. The van der Waals surface area contributed by atoms with Gasteiger partial charge in [-0.2, -0.15) is 10.1 Å². The van der Waals surface area contributed by atoms with Gasteiger partial charge in [-0.05, 0) is 31.9 Å². The third-order valence-electron chi connectivity index (χ3n) is 4.09. The lowest BCUT2D eigenvalue weighted by Gasteiger charge is -2.31. The Hall–Kier alpha value is -2.97. The molecule has 1 aliphatic rings. The molecule has 3 heterocycles. The molecule has 0 aliphatic carbocycles. The molecule has 1 amide bonds. The number of pyridine rings is 1. The first-order valence-electron chi connectivity index (χ1n) is 8.76. The van der Waals surface area contributed by atoms with Gasteiger partial charge in [-0.15, -0.1) is 5.10 Å². The maximum Gasteiger partial charge on any atom is 0.409 e. The molecule has 0 bridgehead atoms. The highest BCUT2D eigenvalue weighted by Gasteiger charge is 2.23. The molecule has 9 nitrogen and oxygen atoms in total. The Balaban J connectivity index is 1.49. The van der Waals surface area contributed by atoms with Crippen molar-refractivity contribution in [2.45, 2.75) is 32.4 Å². The first-order valence-corrected chi connectivity index (χ1v) is 8.76. The molecule has 1 fully saturated rings. The first kappa shape index (κ1) is 17.8. The molecule has 0 unspecified atom stereocenters. The summed E-state index contributed by atoms with van der Waals surface area (Å²) in [5.74, 6) is 1.11. The van der Waals surface area contributed by atoms with E-state index in [0.29, 0.717) is 38.0 Å². The summed E-state index contributed by atoms with van der Waals surface area (Å²) in [7, 11) is 0. The van der Waals surface area contributed by atoms with Gasteiger partial charge in [0.15, 0.2) is 5.82 Å². The summed E-state index contributed by atoms with van der Waals surface area (Å²) in [5.41, 5.74) is 0.904. The standard InChI is InChI=1S/C17H23N7O2/c1-2-26-17(25)24-9-6-13(7-10-24)21-15-12-20-23-16(22-15)19-11-14-5-3-4-8-18-14/h3-5,8,12-13H,2,6-7,9-11H2,1H3,(H2,19,21,22,23). The zero-order chi connectivity index (χ0) is 18.2. The smallest absolute Gasteiger partial charge is 0.409 e. The number of nitrogens with zero attached hydrogens (tertiary/aromatic N) is 5. The first-order chi connectivity index (χ1) is 12.7. The highest BCUT2D eigenvalue weighted by molar-refractivity contribution is 5.67. The average Bonchev–Trinajstić information content (AvgIpc) is 2.68. The summed E-state index contributed by atoms with van der Waals surface area (Å²) >= 11 is 0. The quantitative estimate of drug-likeness (QED) is 0.808. The minimum Gasteiger partial charge on any atom is -0.450 e. The zero-order valence-electron chi connectivity index (χ0n) is 14.8. The molecule has 1 aliphatic heterocycles. The van der Waals surface area contributed by atoms with Gasteiger partial charge in [0.1, 0.15) is 0 Å². The van der Waals surface area contributed by atoms with Gasteiger partial charge in [-0.1, -0.05) is 6.07 Å². The van der Waals surface area contributed by atoms with E-state index in [2.05, 4.69) is 30.8 Å². The summed E-state index contributed by atoms with van der Waals surface area (Å²) < 4.78 is 5.04. The van der Waals surface area contributed by atoms with Crippen molar-refractivity contribution in [3.8, 4) is 0 Å². The Morgan fingerprint density at radius 3 is 2.92 bits per heavy atom. The van der Waals surface area contributed by atoms with Gasteiger partial charge in [0, 0.05) is 25.3 Å². The number of piperidine rings is 1. The normalized spacial score (nSPS) is 14.7. The number of ether oxygens (including phenoxy) is 1. The highest BCUT2D eigenvalue weighted by atomic mass is 16.6. The molecule has 9 heteroatoms. The fourth-order valence-corrected chi connectivity index (χ4v) is 2.75. The Labute approximate surface area is 152 Å². The molecule has 2 aromatic rings. The molecular weight excluding hydrogens is 334 g/mol. The van der Waals surface area contributed by atoms with E-state index in [1.165, 1.54) is 0 Å². The van der Waals surface area contributed by atoms with Crippen LogP contribution in [0.25, 0.3) is 0 Å². The Morgan fingerprint density at radius 2 is 2.19 bits per heavy atom. The number of hydrogen-bond acceptors (Lipinski definition) is 8. The zero-order valence-corrected chi connectivity index (χ0v) is 14.8. The number of carbonyl (C=O) groups is 1. The van der Waals surface area contributed by atoms with E-state index in [-0.39, 0.29) is 12.1 Å². The molecule has 2 N–H and O–H groups in total. The third-order valence-corrected chi connectivity index (χ3v) is 4.09. The van der Waals surface area contributed by atoms with E-state index in [0.717, 1.165) is 18.5 Å². The van der Waals surface area contributed by atoms with Crippen LogP contribution in [0.3, 0.4) is 0 Å². The maximum atomic E-state index is 11.7.